The molecule has 0 aromatic heterocycles. The average Bonchev–Trinajstić information content (AvgIpc) is 2.60. The van der Waals surface area contributed by atoms with Crippen molar-refractivity contribution in [3.05, 3.63) is 35.6 Å². The van der Waals surface area contributed by atoms with E-state index < -0.39 is 0 Å². The van der Waals surface area contributed by atoms with Crippen molar-refractivity contribution in [2.24, 2.45) is 0 Å². The molecule has 0 unspecified atom stereocenters. The van der Waals surface area contributed by atoms with Crippen LogP contribution in [0.25, 0.3) is 0 Å². The van der Waals surface area contributed by atoms with Gasteiger partial charge in [0.05, 0.1) is 13.2 Å². The van der Waals surface area contributed by atoms with Crippen LogP contribution in [0, 0.1) is 5.82 Å². The van der Waals surface area contributed by atoms with Crippen LogP contribution < -0.4 is 5.32 Å². The Morgan fingerprint density at radius 3 is 2.75 bits per heavy atom. The number of carbonyl (C=O) groups is 1. The van der Waals surface area contributed by atoms with E-state index in [1.165, 1.54) is 11.0 Å². The molecule has 1 aliphatic heterocycles. The zero-order valence-electron chi connectivity index (χ0n) is 14.5. The molecule has 6 heteroatoms. The van der Waals surface area contributed by atoms with E-state index >= 15 is 0 Å². The Morgan fingerprint density at radius 2 is 2.00 bits per heavy atom. The number of unbranched alkanes of at least 4 members (excludes halogenated alkanes) is 2. The predicted octanol–water partition coefficient (Wildman–Crippen LogP) is 2.47. The van der Waals surface area contributed by atoms with E-state index in [4.69, 9.17) is 4.74 Å². The van der Waals surface area contributed by atoms with Crippen molar-refractivity contribution >= 4 is 6.03 Å². The van der Waals surface area contributed by atoms with Crippen LogP contribution in [0.2, 0.25) is 0 Å². The van der Waals surface area contributed by atoms with Crippen LogP contribution in [0.1, 0.15) is 24.8 Å². The first-order chi connectivity index (χ1) is 11.7. The highest BCUT2D eigenvalue weighted by Gasteiger charge is 2.11. The summed E-state index contributed by atoms with van der Waals surface area (Å²) in [6.07, 6.45) is 3.19. The quantitative estimate of drug-likeness (QED) is 0.741. The molecule has 1 heterocycles. The summed E-state index contributed by atoms with van der Waals surface area (Å²) in [6.45, 7) is 5.76. The van der Waals surface area contributed by atoms with Crippen LogP contribution in [0.4, 0.5) is 9.18 Å². The zero-order valence-corrected chi connectivity index (χ0v) is 14.5. The van der Waals surface area contributed by atoms with Gasteiger partial charge >= 0.3 is 6.03 Å². The highest BCUT2D eigenvalue weighted by molar-refractivity contribution is 5.73. The fourth-order valence-electron chi connectivity index (χ4n) is 2.75. The molecule has 2 amide bonds. The van der Waals surface area contributed by atoms with E-state index in [1.807, 2.05) is 0 Å². The van der Waals surface area contributed by atoms with E-state index in [1.54, 1.807) is 25.2 Å². The standard InChI is InChI=1S/C18H28FN3O2/c1-21(15-16-7-3-4-8-17(16)19)18(23)20-9-5-2-6-10-22-11-13-24-14-12-22/h3-4,7-8H,2,5-6,9-15H2,1H3,(H,20,23). The Labute approximate surface area is 143 Å². The summed E-state index contributed by atoms with van der Waals surface area (Å²) >= 11 is 0. The molecular weight excluding hydrogens is 309 g/mol. The van der Waals surface area contributed by atoms with Crippen molar-refractivity contribution in [2.45, 2.75) is 25.8 Å². The van der Waals surface area contributed by atoms with E-state index in [9.17, 15) is 9.18 Å². The summed E-state index contributed by atoms with van der Waals surface area (Å²) in [5.41, 5.74) is 0.528. The summed E-state index contributed by atoms with van der Waals surface area (Å²) in [7, 11) is 1.68. The van der Waals surface area contributed by atoms with Crippen LogP contribution in [-0.2, 0) is 11.3 Å². The third-order valence-electron chi connectivity index (χ3n) is 4.24. The second kappa shape index (κ2) is 10.3. The van der Waals surface area contributed by atoms with Crippen molar-refractivity contribution in [2.75, 3.05) is 46.4 Å². The van der Waals surface area contributed by atoms with Crippen LogP contribution in [0.15, 0.2) is 24.3 Å². The lowest BCUT2D eigenvalue weighted by Crippen LogP contribution is -2.38. The van der Waals surface area contributed by atoms with Crippen LogP contribution in [0.5, 0.6) is 0 Å². The van der Waals surface area contributed by atoms with E-state index in [-0.39, 0.29) is 18.4 Å². The van der Waals surface area contributed by atoms with E-state index in [0.29, 0.717) is 12.1 Å². The molecule has 1 saturated heterocycles. The molecule has 1 aromatic carbocycles. The number of hydrogen-bond acceptors (Lipinski definition) is 3. The lowest BCUT2D eigenvalue weighted by molar-refractivity contribution is 0.0371. The van der Waals surface area contributed by atoms with Gasteiger partial charge < -0.3 is 15.0 Å². The SMILES string of the molecule is CN(Cc1ccccc1F)C(=O)NCCCCCN1CCOCC1. The van der Waals surface area contributed by atoms with Gasteiger partial charge in [0.25, 0.3) is 0 Å². The fourth-order valence-corrected chi connectivity index (χ4v) is 2.75. The molecule has 0 spiro atoms. The number of nitrogens with zero attached hydrogens (tertiary/aromatic N) is 2. The van der Waals surface area contributed by atoms with E-state index in [2.05, 4.69) is 10.2 Å². The highest BCUT2D eigenvalue weighted by Crippen LogP contribution is 2.09. The summed E-state index contributed by atoms with van der Waals surface area (Å²) in [4.78, 5) is 15.9. The summed E-state index contributed by atoms with van der Waals surface area (Å²) in [6, 6.07) is 6.38. The smallest absolute Gasteiger partial charge is 0.317 e. The number of carbonyl (C=O) groups excluding carboxylic acids is 1. The molecule has 2 rings (SSSR count). The van der Waals surface area contributed by atoms with Crippen LogP contribution in [0.3, 0.4) is 0 Å². The van der Waals surface area contributed by atoms with Gasteiger partial charge in [-0.05, 0) is 25.5 Å². The Hall–Kier alpha value is -1.66. The van der Waals surface area contributed by atoms with Gasteiger partial charge in [0, 0.05) is 38.8 Å². The number of rotatable bonds is 8. The molecule has 0 radical (unpaired) electrons. The van der Waals surface area contributed by atoms with Gasteiger partial charge in [0.1, 0.15) is 5.82 Å². The van der Waals surface area contributed by atoms with Crippen molar-refractivity contribution in [1.82, 2.24) is 15.1 Å². The van der Waals surface area contributed by atoms with Crippen molar-refractivity contribution in [1.29, 1.82) is 0 Å². The number of nitrogens with one attached hydrogen (secondary N) is 1. The lowest BCUT2D eigenvalue weighted by atomic mass is 10.2. The summed E-state index contributed by atoms with van der Waals surface area (Å²) in [5.74, 6) is -0.278. The number of ether oxygens (including phenoxy) is 1. The van der Waals surface area contributed by atoms with Gasteiger partial charge in [-0.1, -0.05) is 24.6 Å². The van der Waals surface area contributed by atoms with Gasteiger partial charge in [-0.2, -0.15) is 0 Å². The monoisotopic (exact) mass is 337 g/mol. The summed E-state index contributed by atoms with van der Waals surface area (Å²) in [5, 5.41) is 2.89. The van der Waals surface area contributed by atoms with Crippen LogP contribution in [-0.4, -0.2) is 62.3 Å². The van der Waals surface area contributed by atoms with Crippen LogP contribution >= 0.6 is 0 Å². The van der Waals surface area contributed by atoms with Crippen molar-refractivity contribution < 1.29 is 13.9 Å². The molecule has 0 bridgehead atoms. The van der Waals surface area contributed by atoms with Gasteiger partial charge in [-0.3, -0.25) is 4.90 Å². The maximum Gasteiger partial charge on any atom is 0.317 e. The fraction of sp³-hybridized carbons (Fsp3) is 0.611. The maximum atomic E-state index is 13.6. The Balaban J connectivity index is 1.55. The molecule has 1 aliphatic rings. The molecule has 1 fully saturated rings. The number of hydrogen-bond donors (Lipinski definition) is 1. The molecule has 134 valence electrons. The molecule has 1 N–H and O–H groups in total. The number of benzene rings is 1. The first-order valence-electron chi connectivity index (χ1n) is 8.69. The first kappa shape index (κ1) is 18.7. The van der Waals surface area contributed by atoms with Crippen molar-refractivity contribution in [3.8, 4) is 0 Å². The minimum absolute atomic E-state index is 0.161. The van der Waals surface area contributed by atoms with Gasteiger partial charge in [0.2, 0.25) is 0 Å². The molecule has 0 aliphatic carbocycles. The summed E-state index contributed by atoms with van der Waals surface area (Å²) < 4.78 is 18.9. The maximum absolute atomic E-state index is 13.6. The largest absolute Gasteiger partial charge is 0.379 e. The molecule has 0 saturated carbocycles. The third kappa shape index (κ3) is 6.45. The second-order valence-electron chi connectivity index (χ2n) is 6.19. The molecule has 0 atom stereocenters. The normalized spacial score (nSPS) is 15.2. The second-order valence-corrected chi connectivity index (χ2v) is 6.19. The highest BCUT2D eigenvalue weighted by atomic mass is 19.1. The van der Waals surface area contributed by atoms with Gasteiger partial charge in [-0.25, -0.2) is 9.18 Å². The average molecular weight is 337 g/mol. The number of amides is 2. The molecular formula is C18H28FN3O2. The molecule has 1 aromatic rings. The Morgan fingerprint density at radius 1 is 1.25 bits per heavy atom. The van der Waals surface area contributed by atoms with Crippen molar-refractivity contribution in [3.63, 3.8) is 0 Å². The first-order valence-corrected chi connectivity index (χ1v) is 8.69. The molecule has 24 heavy (non-hydrogen) atoms. The Kier molecular flexibility index (Phi) is 7.98. The predicted molar refractivity (Wildman–Crippen MR) is 92.4 cm³/mol. The third-order valence-corrected chi connectivity index (χ3v) is 4.24. The minimum Gasteiger partial charge on any atom is -0.379 e. The zero-order chi connectivity index (χ0) is 17.2. The molecule has 5 nitrogen and oxygen atoms in total. The van der Waals surface area contributed by atoms with E-state index in [0.717, 1.165) is 52.1 Å². The number of halogens is 1. The topological polar surface area (TPSA) is 44.8 Å². The Bertz CT molecular complexity index is 507. The number of urea groups is 1. The van der Waals surface area contributed by atoms with Gasteiger partial charge in [0.15, 0.2) is 0 Å². The van der Waals surface area contributed by atoms with Gasteiger partial charge in [-0.15, -0.1) is 0 Å². The minimum atomic E-state index is -0.278. The lowest BCUT2D eigenvalue weighted by Gasteiger charge is -2.26. The number of morpholine rings is 1.